The van der Waals surface area contributed by atoms with Gasteiger partial charge in [-0.3, -0.25) is 14.9 Å². The van der Waals surface area contributed by atoms with E-state index in [1.807, 2.05) is 12.3 Å². The van der Waals surface area contributed by atoms with Crippen molar-refractivity contribution in [3.8, 4) is 16.3 Å². The van der Waals surface area contributed by atoms with Crippen LogP contribution in [-0.4, -0.2) is 30.4 Å². The molecule has 0 radical (unpaired) electrons. The van der Waals surface area contributed by atoms with E-state index in [0.29, 0.717) is 15.9 Å². The molecule has 3 aromatic heterocycles. The summed E-state index contributed by atoms with van der Waals surface area (Å²) in [4.78, 5) is 20.6. The van der Waals surface area contributed by atoms with Crippen LogP contribution >= 0.6 is 23.3 Å². The third-order valence-corrected chi connectivity index (χ3v) is 3.88. The van der Waals surface area contributed by atoms with Crippen molar-refractivity contribution < 1.29 is 0 Å². The molecule has 3 aromatic rings. The Labute approximate surface area is 116 Å². The third-order valence-electron chi connectivity index (χ3n) is 2.51. The van der Waals surface area contributed by atoms with E-state index in [0.717, 1.165) is 5.56 Å². The fraction of sp³-hybridized carbons (Fsp3) is 0.0909. The van der Waals surface area contributed by atoms with Crippen LogP contribution in [0.25, 0.3) is 16.3 Å². The molecule has 96 valence electrons. The van der Waals surface area contributed by atoms with Crippen molar-refractivity contribution in [1.82, 2.24) is 24.1 Å². The lowest BCUT2D eigenvalue weighted by molar-refractivity contribution is 0.827. The number of thioether (sulfide) groups is 1. The molecule has 0 amide bonds. The monoisotopic (exact) mass is 291 g/mol. The Morgan fingerprint density at radius 1 is 1.47 bits per heavy atom. The fourth-order valence-electron chi connectivity index (χ4n) is 1.62. The lowest BCUT2D eigenvalue weighted by atomic mass is 10.2. The molecule has 0 spiro atoms. The maximum absolute atomic E-state index is 12.3. The maximum Gasteiger partial charge on any atom is 0.281 e. The highest BCUT2D eigenvalue weighted by molar-refractivity contribution is 7.98. The van der Waals surface area contributed by atoms with Gasteiger partial charge in [-0.2, -0.15) is 14.0 Å². The molecule has 0 aliphatic heterocycles. The van der Waals surface area contributed by atoms with E-state index in [9.17, 15) is 4.79 Å². The first-order chi connectivity index (χ1) is 9.29. The smallest absolute Gasteiger partial charge is 0.281 e. The largest absolute Gasteiger partial charge is 0.295 e. The SMILES string of the molecule is CSc1nsc(-n2[nH]cc(-c3cccnc3)c2=O)n1. The van der Waals surface area contributed by atoms with E-state index in [1.165, 1.54) is 28.0 Å². The van der Waals surface area contributed by atoms with Gasteiger partial charge in [0.05, 0.1) is 5.56 Å². The predicted molar refractivity (Wildman–Crippen MR) is 74.9 cm³/mol. The summed E-state index contributed by atoms with van der Waals surface area (Å²) in [5, 5.41) is 4.09. The summed E-state index contributed by atoms with van der Waals surface area (Å²) in [6.45, 7) is 0. The van der Waals surface area contributed by atoms with Crippen LogP contribution in [0.1, 0.15) is 0 Å². The number of H-pyrrole nitrogens is 1. The summed E-state index contributed by atoms with van der Waals surface area (Å²) < 4.78 is 5.52. The van der Waals surface area contributed by atoms with Gasteiger partial charge in [0.15, 0.2) is 0 Å². The van der Waals surface area contributed by atoms with Gasteiger partial charge in [0.1, 0.15) is 0 Å². The van der Waals surface area contributed by atoms with Crippen molar-refractivity contribution in [2.45, 2.75) is 5.16 Å². The van der Waals surface area contributed by atoms with Crippen LogP contribution in [0.15, 0.2) is 40.7 Å². The van der Waals surface area contributed by atoms with Gasteiger partial charge in [0.2, 0.25) is 10.3 Å². The van der Waals surface area contributed by atoms with Crippen molar-refractivity contribution >= 4 is 23.3 Å². The molecule has 0 aliphatic rings. The minimum atomic E-state index is -0.156. The van der Waals surface area contributed by atoms with E-state index < -0.39 is 0 Å². The summed E-state index contributed by atoms with van der Waals surface area (Å²) in [5.41, 5.74) is 1.18. The molecule has 0 bridgehead atoms. The molecule has 19 heavy (non-hydrogen) atoms. The second kappa shape index (κ2) is 4.98. The highest BCUT2D eigenvalue weighted by Gasteiger charge is 2.13. The van der Waals surface area contributed by atoms with Gasteiger partial charge in [0, 0.05) is 35.7 Å². The Morgan fingerprint density at radius 3 is 3.05 bits per heavy atom. The molecular formula is C11H9N5OS2. The molecule has 0 atom stereocenters. The highest BCUT2D eigenvalue weighted by atomic mass is 32.2. The summed E-state index contributed by atoms with van der Waals surface area (Å²) in [7, 11) is 0. The van der Waals surface area contributed by atoms with Crippen molar-refractivity contribution in [3.63, 3.8) is 0 Å². The Balaban J connectivity index is 2.06. The van der Waals surface area contributed by atoms with Gasteiger partial charge in [-0.15, -0.1) is 0 Å². The number of pyridine rings is 1. The maximum atomic E-state index is 12.3. The Hall–Kier alpha value is -1.93. The first-order valence-electron chi connectivity index (χ1n) is 5.38. The van der Waals surface area contributed by atoms with E-state index in [2.05, 4.69) is 19.4 Å². The molecular weight excluding hydrogens is 282 g/mol. The molecule has 0 saturated carbocycles. The molecule has 8 heteroatoms. The summed E-state index contributed by atoms with van der Waals surface area (Å²) in [6, 6.07) is 3.64. The zero-order valence-electron chi connectivity index (χ0n) is 9.90. The molecule has 0 fully saturated rings. The molecule has 0 aliphatic carbocycles. The Bertz CT molecular complexity index is 746. The van der Waals surface area contributed by atoms with Gasteiger partial charge in [-0.1, -0.05) is 17.8 Å². The molecule has 0 unspecified atom stereocenters. The average Bonchev–Trinajstić information content (AvgIpc) is 3.06. The number of nitrogens with one attached hydrogen (secondary N) is 1. The number of rotatable bonds is 3. The van der Waals surface area contributed by atoms with Crippen molar-refractivity contribution in [3.05, 3.63) is 41.1 Å². The molecule has 6 nitrogen and oxygen atoms in total. The first kappa shape index (κ1) is 12.1. The number of aromatic nitrogens is 5. The first-order valence-corrected chi connectivity index (χ1v) is 7.38. The van der Waals surface area contributed by atoms with Crippen LogP contribution in [0, 0.1) is 0 Å². The van der Waals surface area contributed by atoms with Gasteiger partial charge < -0.3 is 0 Å². The van der Waals surface area contributed by atoms with Gasteiger partial charge in [-0.25, -0.2) is 0 Å². The fourth-order valence-corrected chi connectivity index (χ4v) is 2.81. The predicted octanol–water partition coefficient (Wildman–Crippen LogP) is 1.80. The number of hydrogen-bond donors (Lipinski definition) is 1. The van der Waals surface area contributed by atoms with E-state index in [1.54, 1.807) is 24.7 Å². The van der Waals surface area contributed by atoms with Crippen LogP contribution in [0.4, 0.5) is 0 Å². The Kier molecular flexibility index (Phi) is 3.18. The van der Waals surface area contributed by atoms with Crippen LogP contribution in [0.2, 0.25) is 0 Å². The van der Waals surface area contributed by atoms with Crippen molar-refractivity contribution in [2.75, 3.05) is 6.26 Å². The van der Waals surface area contributed by atoms with E-state index in [4.69, 9.17) is 0 Å². The van der Waals surface area contributed by atoms with Crippen LogP contribution in [0.3, 0.4) is 0 Å². The zero-order valence-corrected chi connectivity index (χ0v) is 11.5. The van der Waals surface area contributed by atoms with E-state index >= 15 is 0 Å². The third kappa shape index (κ3) is 2.20. The van der Waals surface area contributed by atoms with Gasteiger partial charge in [-0.05, 0) is 12.3 Å². The Morgan fingerprint density at radius 2 is 2.37 bits per heavy atom. The average molecular weight is 291 g/mol. The summed E-state index contributed by atoms with van der Waals surface area (Å²) >= 11 is 2.63. The minimum Gasteiger partial charge on any atom is -0.295 e. The summed E-state index contributed by atoms with van der Waals surface area (Å²) in [5.74, 6) is 0. The molecule has 3 rings (SSSR count). The van der Waals surface area contributed by atoms with Crippen LogP contribution in [0.5, 0.6) is 0 Å². The zero-order chi connectivity index (χ0) is 13.2. The molecule has 1 N–H and O–H groups in total. The van der Waals surface area contributed by atoms with Crippen molar-refractivity contribution in [2.24, 2.45) is 0 Å². The number of nitrogens with zero attached hydrogens (tertiary/aromatic N) is 4. The number of hydrogen-bond acceptors (Lipinski definition) is 6. The topological polar surface area (TPSA) is 76.5 Å². The molecule has 0 saturated heterocycles. The van der Waals surface area contributed by atoms with Crippen LogP contribution < -0.4 is 5.56 Å². The number of aromatic amines is 1. The molecule has 3 heterocycles. The highest BCUT2D eigenvalue weighted by Crippen LogP contribution is 2.17. The second-order valence-corrected chi connectivity index (χ2v) is 5.14. The van der Waals surface area contributed by atoms with Crippen molar-refractivity contribution in [1.29, 1.82) is 0 Å². The lowest BCUT2D eigenvalue weighted by Gasteiger charge is -1.94. The van der Waals surface area contributed by atoms with Gasteiger partial charge >= 0.3 is 0 Å². The van der Waals surface area contributed by atoms with Crippen LogP contribution in [-0.2, 0) is 0 Å². The quantitative estimate of drug-likeness (QED) is 0.745. The van der Waals surface area contributed by atoms with Gasteiger partial charge in [0.25, 0.3) is 5.56 Å². The standard InChI is InChI=1S/C11H9N5OS2/c1-18-10-14-11(19-15-10)16-9(17)8(6-13-16)7-3-2-4-12-5-7/h2-6,13H,1H3. The summed E-state index contributed by atoms with van der Waals surface area (Å²) in [6.07, 6.45) is 6.87. The second-order valence-electron chi connectivity index (χ2n) is 3.63. The molecule has 0 aromatic carbocycles. The van der Waals surface area contributed by atoms with E-state index in [-0.39, 0.29) is 5.56 Å². The normalized spacial score (nSPS) is 10.8. The lowest BCUT2D eigenvalue weighted by Crippen LogP contribution is -2.15. The minimum absolute atomic E-state index is 0.156.